The predicted molar refractivity (Wildman–Crippen MR) is 55.9 cm³/mol. The van der Waals surface area contributed by atoms with Crippen LogP contribution >= 0.6 is 11.3 Å². The SMILES string of the molecule is CC(C)CC(C)(O)Cc1cncs1. The fourth-order valence-electron chi connectivity index (χ4n) is 1.66. The molecule has 1 N–H and O–H groups in total. The molecule has 2 nitrogen and oxygen atoms in total. The van der Waals surface area contributed by atoms with Gasteiger partial charge in [-0.2, -0.15) is 0 Å². The van der Waals surface area contributed by atoms with Crippen molar-refractivity contribution in [2.75, 3.05) is 0 Å². The van der Waals surface area contributed by atoms with Gasteiger partial charge in [0.25, 0.3) is 0 Å². The zero-order chi connectivity index (χ0) is 9.90. The van der Waals surface area contributed by atoms with Crippen molar-refractivity contribution in [2.45, 2.75) is 39.2 Å². The summed E-state index contributed by atoms with van der Waals surface area (Å²) in [6.45, 7) is 6.15. The Balaban J connectivity index is 2.51. The number of nitrogens with zero attached hydrogens (tertiary/aromatic N) is 1. The lowest BCUT2D eigenvalue weighted by atomic mass is 9.91. The van der Waals surface area contributed by atoms with E-state index >= 15 is 0 Å². The van der Waals surface area contributed by atoms with Crippen molar-refractivity contribution in [3.63, 3.8) is 0 Å². The van der Waals surface area contributed by atoms with Gasteiger partial charge >= 0.3 is 0 Å². The average Bonchev–Trinajstić information content (AvgIpc) is 2.34. The molecule has 0 amide bonds. The molecule has 74 valence electrons. The molecule has 0 radical (unpaired) electrons. The number of aromatic nitrogens is 1. The van der Waals surface area contributed by atoms with Gasteiger partial charge in [-0.1, -0.05) is 13.8 Å². The minimum absolute atomic E-state index is 0.530. The van der Waals surface area contributed by atoms with Crippen LogP contribution in [0.25, 0.3) is 0 Å². The summed E-state index contributed by atoms with van der Waals surface area (Å²) in [5, 5.41) is 10.0. The lowest BCUT2D eigenvalue weighted by Crippen LogP contribution is -2.28. The molecule has 1 unspecified atom stereocenters. The maximum absolute atomic E-state index is 10.0. The van der Waals surface area contributed by atoms with Crippen LogP contribution in [0.5, 0.6) is 0 Å². The van der Waals surface area contributed by atoms with Crippen LogP contribution in [0.1, 0.15) is 32.1 Å². The van der Waals surface area contributed by atoms with E-state index < -0.39 is 5.60 Å². The number of thiazole rings is 1. The van der Waals surface area contributed by atoms with Gasteiger partial charge < -0.3 is 5.11 Å². The molecular formula is C10H17NOS. The topological polar surface area (TPSA) is 33.1 Å². The molecule has 3 heteroatoms. The highest BCUT2D eigenvalue weighted by atomic mass is 32.1. The van der Waals surface area contributed by atoms with E-state index in [0.717, 1.165) is 17.7 Å². The summed E-state index contributed by atoms with van der Waals surface area (Å²) in [5.74, 6) is 0.530. The quantitative estimate of drug-likeness (QED) is 0.808. The number of hydrogen-bond acceptors (Lipinski definition) is 3. The highest BCUT2D eigenvalue weighted by Crippen LogP contribution is 2.22. The minimum Gasteiger partial charge on any atom is -0.390 e. The highest BCUT2D eigenvalue weighted by Gasteiger charge is 2.22. The van der Waals surface area contributed by atoms with E-state index in [1.54, 1.807) is 16.8 Å². The molecule has 1 heterocycles. The van der Waals surface area contributed by atoms with Gasteiger partial charge in [0.1, 0.15) is 0 Å². The van der Waals surface area contributed by atoms with Gasteiger partial charge in [0.15, 0.2) is 0 Å². The summed E-state index contributed by atoms with van der Waals surface area (Å²) in [7, 11) is 0. The second-order valence-corrected chi connectivity index (χ2v) is 5.21. The highest BCUT2D eigenvalue weighted by molar-refractivity contribution is 7.09. The van der Waals surface area contributed by atoms with Crippen molar-refractivity contribution in [1.82, 2.24) is 4.98 Å². The average molecular weight is 199 g/mol. The van der Waals surface area contributed by atoms with Gasteiger partial charge in [-0.25, -0.2) is 0 Å². The van der Waals surface area contributed by atoms with Gasteiger partial charge in [-0.15, -0.1) is 11.3 Å². The summed E-state index contributed by atoms with van der Waals surface area (Å²) >= 11 is 1.61. The third-order valence-corrected chi connectivity index (χ3v) is 2.67. The van der Waals surface area contributed by atoms with E-state index in [-0.39, 0.29) is 0 Å². The third-order valence-electron chi connectivity index (χ3n) is 1.89. The lowest BCUT2D eigenvalue weighted by Gasteiger charge is -2.24. The van der Waals surface area contributed by atoms with Gasteiger partial charge in [-0.05, 0) is 19.3 Å². The summed E-state index contributed by atoms with van der Waals surface area (Å²) in [6.07, 6.45) is 3.39. The van der Waals surface area contributed by atoms with Crippen LogP contribution in [-0.4, -0.2) is 15.7 Å². The van der Waals surface area contributed by atoms with Gasteiger partial charge in [0.05, 0.1) is 11.1 Å². The smallest absolute Gasteiger partial charge is 0.0794 e. The first kappa shape index (κ1) is 10.7. The van der Waals surface area contributed by atoms with Crippen molar-refractivity contribution < 1.29 is 5.11 Å². The Labute approximate surface area is 83.6 Å². The van der Waals surface area contributed by atoms with Gasteiger partial charge in [-0.3, -0.25) is 4.98 Å². The lowest BCUT2D eigenvalue weighted by molar-refractivity contribution is 0.0395. The Morgan fingerprint density at radius 1 is 1.62 bits per heavy atom. The molecule has 0 aromatic carbocycles. The number of rotatable bonds is 4. The van der Waals surface area contributed by atoms with E-state index in [1.165, 1.54) is 0 Å². The third kappa shape index (κ3) is 3.87. The first-order valence-electron chi connectivity index (χ1n) is 4.59. The first-order valence-corrected chi connectivity index (χ1v) is 5.47. The fraction of sp³-hybridized carbons (Fsp3) is 0.700. The Hall–Kier alpha value is -0.410. The molecule has 1 rings (SSSR count). The molecule has 0 bridgehead atoms. The Morgan fingerprint density at radius 2 is 2.31 bits per heavy atom. The maximum Gasteiger partial charge on any atom is 0.0794 e. The molecule has 0 saturated heterocycles. The van der Waals surface area contributed by atoms with E-state index in [4.69, 9.17) is 0 Å². The van der Waals surface area contributed by atoms with Crippen LogP contribution in [0.15, 0.2) is 11.7 Å². The Bertz CT molecular complexity index is 241. The van der Waals surface area contributed by atoms with E-state index in [9.17, 15) is 5.11 Å². The standard InChI is InChI=1S/C10H17NOS/c1-8(2)4-10(3,12)5-9-6-11-7-13-9/h6-8,12H,4-5H2,1-3H3. The summed E-state index contributed by atoms with van der Waals surface area (Å²) < 4.78 is 0. The molecule has 0 aliphatic carbocycles. The number of aliphatic hydroxyl groups is 1. The van der Waals surface area contributed by atoms with Crippen LogP contribution in [0.2, 0.25) is 0 Å². The van der Waals surface area contributed by atoms with Crippen LogP contribution in [-0.2, 0) is 6.42 Å². The fourth-order valence-corrected chi connectivity index (χ4v) is 2.43. The molecule has 0 spiro atoms. The molecule has 13 heavy (non-hydrogen) atoms. The van der Waals surface area contributed by atoms with E-state index in [2.05, 4.69) is 18.8 Å². The van der Waals surface area contributed by atoms with Crippen molar-refractivity contribution in [3.8, 4) is 0 Å². The zero-order valence-corrected chi connectivity index (χ0v) is 9.27. The van der Waals surface area contributed by atoms with E-state index in [0.29, 0.717) is 5.92 Å². The monoisotopic (exact) mass is 199 g/mol. The van der Waals surface area contributed by atoms with Crippen molar-refractivity contribution in [3.05, 3.63) is 16.6 Å². The van der Waals surface area contributed by atoms with Crippen LogP contribution in [0, 0.1) is 5.92 Å². The van der Waals surface area contributed by atoms with Crippen molar-refractivity contribution in [1.29, 1.82) is 0 Å². The zero-order valence-electron chi connectivity index (χ0n) is 8.45. The van der Waals surface area contributed by atoms with Gasteiger partial charge in [0.2, 0.25) is 0 Å². The van der Waals surface area contributed by atoms with Crippen LogP contribution in [0.4, 0.5) is 0 Å². The maximum atomic E-state index is 10.0. The molecule has 0 fully saturated rings. The second-order valence-electron chi connectivity index (χ2n) is 4.24. The minimum atomic E-state index is -0.583. The molecule has 0 aliphatic heterocycles. The molecule has 1 atom stereocenters. The second kappa shape index (κ2) is 4.20. The molecule has 1 aromatic rings. The number of hydrogen-bond donors (Lipinski definition) is 1. The largest absolute Gasteiger partial charge is 0.390 e. The summed E-state index contributed by atoms with van der Waals surface area (Å²) in [4.78, 5) is 5.15. The van der Waals surface area contributed by atoms with Crippen molar-refractivity contribution >= 4 is 11.3 Å². The predicted octanol–water partition coefficient (Wildman–Crippen LogP) is 2.48. The van der Waals surface area contributed by atoms with Crippen molar-refractivity contribution in [2.24, 2.45) is 5.92 Å². The molecule has 1 aromatic heterocycles. The Morgan fingerprint density at radius 3 is 2.77 bits per heavy atom. The van der Waals surface area contributed by atoms with E-state index in [1.807, 2.05) is 13.1 Å². The first-order chi connectivity index (χ1) is 5.99. The summed E-state index contributed by atoms with van der Waals surface area (Å²) in [6, 6.07) is 0. The Kier molecular flexibility index (Phi) is 3.45. The molecule has 0 aliphatic rings. The van der Waals surface area contributed by atoms with Gasteiger partial charge in [0, 0.05) is 17.5 Å². The molecule has 0 saturated carbocycles. The van der Waals surface area contributed by atoms with Crippen LogP contribution in [0.3, 0.4) is 0 Å². The molecular weight excluding hydrogens is 182 g/mol. The summed E-state index contributed by atoms with van der Waals surface area (Å²) in [5.41, 5.74) is 1.22. The normalized spacial score (nSPS) is 16.1. The van der Waals surface area contributed by atoms with Crippen LogP contribution < -0.4 is 0 Å².